The van der Waals surface area contributed by atoms with Crippen molar-refractivity contribution >= 4 is 0 Å². The van der Waals surface area contributed by atoms with Gasteiger partial charge in [-0.05, 0) is 49.9 Å². The normalized spacial score (nSPS) is 62.5. The topological polar surface area (TPSA) is 88.1 Å². The summed E-state index contributed by atoms with van der Waals surface area (Å²) in [5.74, 6) is -0.291. The third-order valence-corrected chi connectivity index (χ3v) is 11.8. The number of rotatable bonds is 0. The van der Waals surface area contributed by atoms with Gasteiger partial charge in [0.15, 0.2) is 19.4 Å². The first-order chi connectivity index (χ1) is 15.8. The molecule has 0 aromatic heterocycles. The zero-order valence-electron chi connectivity index (χ0n) is 19.7. The van der Waals surface area contributed by atoms with E-state index in [1.54, 1.807) is 0 Å². The van der Waals surface area contributed by atoms with Gasteiger partial charge < -0.3 is 38.3 Å². The van der Waals surface area contributed by atoms with Gasteiger partial charge in [0.05, 0.1) is 25.4 Å². The average Bonchev–Trinajstić information content (AvgIpc) is 3.25. The molecule has 8 nitrogen and oxygen atoms in total. The minimum atomic E-state index is -0.851. The van der Waals surface area contributed by atoms with Crippen LogP contribution in [-0.4, -0.2) is 73.5 Å². The summed E-state index contributed by atoms with van der Waals surface area (Å²) in [5, 5.41) is 11.9. The number of fused-ring (bicyclic) bond motifs is 6. The first-order valence-corrected chi connectivity index (χ1v) is 13.0. The lowest BCUT2D eigenvalue weighted by Crippen LogP contribution is -2.68. The molecule has 4 aliphatic heterocycles. The summed E-state index contributed by atoms with van der Waals surface area (Å²) >= 11 is 0. The molecule has 1 N–H and O–H groups in total. The van der Waals surface area contributed by atoms with Crippen molar-refractivity contribution in [2.45, 2.75) is 93.8 Å². The van der Waals surface area contributed by atoms with Crippen molar-refractivity contribution in [3.63, 3.8) is 0 Å². The van der Waals surface area contributed by atoms with Gasteiger partial charge in [0.2, 0.25) is 5.79 Å². The lowest BCUT2D eigenvalue weighted by atomic mass is 9.43. The second-order valence-corrected chi connectivity index (χ2v) is 12.6. The molecule has 10 atom stereocenters. The van der Waals surface area contributed by atoms with Gasteiger partial charge in [0.25, 0.3) is 0 Å². The summed E-state index contributed by atoms with van der Waals surface area (Å²) in [5.41, 5.74) is -1.11. The van der Waals surface area contributed by atoms with Gasteiger partial charge in [-0.1, -0.05) is 13.8 Å². The maximum absolute atomic E-state index is 11.9. The molecule has 4 aliphatic carbocycles. The number of aliphatic hydroxyl groups excluding tert-OH is 1. The molecule has 0 radical (unpaired) electrons. The molecule has 1 unspecified atom stereocenters. The largest absolute Gasteiger partial charge is 0.393 e. The van der Waals surface area contributed by atoms with Crippen LogP contribution >= 0.6 is 0 Å². The number of aliphatic hydroxyl groups is 1. The van der Waals surface area contributed by atoms with Crippen molar-refractivity contribution in [2.75, 3.05) is 33.4 Å². The van der Waals surface area contributed by atoms with Gasteiger partial charge in [0.1, 0.15) is 17.8 Å². The average molecular weight is 465 g/mol. The highest BCUT2D eigenvalue weighted by molar-refractivity contribution is 5.29. The summed E-state index contributed by atoms with van der Waals surface area (Å²) in [6.07, 6.45) is 6.09. The fraction of sp³-hybridized carbons (Fsp3) is 1.00. The van der Waals surface area contributed by atoms with Crippen molar-refractivity contribution in [3.05, 3.63) is 0 Å². The summed E-state index contributed by atoms with van der Waals surface area (Å²) in [6, 6.07) is 0. The Balaban J connectivity index is 1.17. The standard InChI is InChI=1S/C25H36O8/c1-20-5-6-22(28-7-8-29-22)11-23(20)18(33-23)9-15-16-3-4-24(21(16,2)10-17(26)19(15)20)25(32-14-30-24)12-27-13-31-25/h15-19,26H,3-14H2,1-2H3/t15-,16-,17-,18+,19+,20+,21-,23+,24+,25?/m0/s1. The van der Waals surface area contributed by atoms with Crippen LogP contribution in [0.4, 0.5) is 0 Å². The molecular formula is C25H36O8. The first kappa shape index (κ1) is 20.8. The van der Waals surface area contributed by atoms with E-state index < -0.39 is 23.3 Å². The van der Waals surface area contributed by atoms with E-state index >= 15 is 0 Å². The molecule has 184 valence electrons. The summed E-state index contributed by atoms with van der Waals surface area (Å²) < 4.78 is 43.2. The lowest BCUT2D eigenvalue weighted by Gasteiger charge is -2.62. The molecule has 8 rings (SSSR count). The van der Waals surface area contributed by atoms with E-state index in [0.29, 0.717) is 38.1 Å². The SMILES string of the molecule is C[C@]12C[C@H](O)[C@H]3[C@@H](C[C@H]4O[C@]45CC4(CC[C@]35C)OCCO4)[C@@H]1CC[C@@]21OCOC12COCO2. The van der Waals surface area contributed by atoms with Crippen LogP contribution in [0.1, 0.15) is 58.8 Å². The monoisotopic (exact) mass is 464 g/mol. The summed E-state index contributed by atoms with van der Waals surface area (Å²) in [4.78, 5) is 0. The molecular weight excluding hydrogens is 428 g/mol. The second-order valence-electron chi connectivity index (χ2n) is 12.6. The van der Waals surface area contributed by atoms with Gasteiger partial charge in [-0.25, -0.2) is 0 Å². The summed E-state index contributed by atoms with van der Waals surface area (Å²) in [6.45, 7) is 6.90. The van der Waals surface area contributed by atoms with Crippen LogP contribution in [-0.2, 0) is 33.2 Å². The molecule has 4 saturated heterocycles. The maximum atomic E-state index is 11.9. The molecule has 8 fully saturated rings. The number of epoxide rings is 1. The van der Waals surface area contributed by atoms with Gasteiger partial charge in [-0.2, -0.15) is 0 Å². The Bertz CT molecular complexity index is 863. The smallest absolute Gasteiger partial charge is 0.226 e. The number of ether oxygens (including phenoxy) is 7. The van der Waals surface area contributed by atoms with Gasteiger partial charge in [0, 0.05) is 23.7 Å². The van der Waals surface area contributed by atoms with Crippen LogP contribution in [0.25, 0.3) is 0 Å². The molecule has 33 heavy (non-hydrogen) atoms. The molecule has 0 bridgehead atoms. The Morgan fingerprint density at radius 3 is 2.48 bits per heavy atom. The molecule has 0 aromatic rings. The fourth-order valence-corrected chi connectivity index (χ4v) is 10.5. The molecule has 8 heteroatoms. The lowest BCUT2D eigenvalue weighted by molar-refractivity contribution is -0.268. The van der Waals surface area contributed by atoms with Crippen LogP contribution in [0.3, 0.4) is 0 Å². The Labute approximate surface area is 194 Å². The highest BCUT2D eigenvalue weighted by atomic mass is 16.9. The van der Waals surface area contributed by atoms with E-state index in [2.05, 4.69) is 13.8 Å². The van der Waals surface area contributed by atoms with Crippen molar-refractivity contribution in [3.8, 4) is 0 Å². The quantitative estimate of drug-likeness (QED) is 0.547. The third-order valence-electron chi connectivity index (χ3n) is 11.8. The van der Waals surface area contributed by atoms with Crippen LogP contribution in [0.5, 0.6) is 0 Å². The zero-order valence-corrected chi connectivity index (χ0v) is 19.7. The predicted molar refractivity (Wildman–Crippen MR) is 112 cm³/mol. The minimum Gasteiger partial charge on any atom is -0.393 e. The first-order valence-electron chi connectivity index (χ1n) is 13.0. The van der Waals surface area contributed by atoms with E-state index in [9.17, 15) is 5.11 Å². The van der Waals surface area contributed by atoms with Gasteiger partial charge >= 0.3 is 0 Å². The van der Waals surface area contributed by atoms with Gasteiger partial charge in [-0.15, -0.1) is 0 Å². The highest BCUT2D eigenvalue weighted by Gasteiger charge is 2.82. The fourth-order valence-electron chi connectivity index (χ4n) is 10.5. The Morgan fingerprint density at radius 1 is 0.879 bits per heavy atom. The van der Waals surface area contributed by atoms with Crippen LogP contribution in [0.2, 0.25) is 0 Å². The maximum Gasteiger partial charge on any atom is 0.226 e. The van der Waals surface area contributed by atoms with Crippen LogP contribution in [0.15, 0.2) is 0 Å². The van der Waals surface area contributed by atoms with Crippen molar-refractivity contribution in [1.82, 2.24) is 0 Å². The van der Waals surface area contributed by atoms with E-state index in [4.69, 9.17) is 33.2 Å². The molecule has 8 aliphatic rings. The molecule has 4 heterocycles. The Hall–Kier alpha value is -0.320. The minimum absolute atomic E-state index is 0.0741. The predicted octanol–water partition coefficient (Wildman–Crippen LogP) is 2.32. The van der Waals surface area contributed by atoms with Crippen molar-refractivity contribution in [1.29, 1.82) is 0 Å². The van der Waals surface area contributed by atoms with E-state index in [0.717, 1.165) is 38.5 Å². The zero-order chi connectivity index (χ0) is 22.3. The van der Waals surface area contributed by atoms with Crippen molar-refractivity contribution < 1.29 is 38.3 Å². The Morgan fingerprint density at radius 2 is 1.70 bits per heavy atom. The second kappa shape index (κ2) is 6.14. The Kier molecular flexibility index (Phi) is 3.88. The van der Waals surface area contributed by atoms with Crippen LogP contribution < -0.4 is 0 Å². The molecule has 4 saturated carbocycles. The number of hydrogen-bond acceptors (Lipinski definition) is 8. The molecule has 4 spiro atoms. The van der Waals surface area contributed by atoms with Gasteiger partial charge in [-0.3, -0.25) is 0 Å². The summed E-state index contributed by atoms with van der Waals surface area (Å²) in [7, 11) is 0. The van der Waals surface area contributed by atoms with Crippen molar-refractivity contribution in [2.24, 2.45) is 28.6 Å². The molecule has 0 amide bonds. The van der Waals surface area contributed by atoms with E-state index in [1.807, 2.05) is 0 Å². The van der Waals surface area contributed by atoms with Crippen LogP contribution in [0, 0.1) is 28.6 Å². The number of hydrogen-bond donors (Lipinski definition) is 1. The van der Waals surface area contributed by atoms with E-state index in [-0.39, 0.29) is 42.0 Å². The van der Waals surface area contributed by atoms with E-state index in [1.165, 1.54) is 0 Å². The highest BCUT2D eigenvalue weighted by Crippen LogP contribution is 2.77. The molecule has 0 aromatic carbocycles. The third kappa shape index (κ3) is 2.16.